The molecule has 2 aliphatic heterocycles. The number of benzene rings is 2. The van der Waals surface area contributed by atoms with Gasteiger partial charge in [0.15, 0.2) is 11.2 Å². The first kappa shape index (κ1) is 41.9. The standard InChI is InChI=1S/C42H53N13O6/c43-23-30-24-46-42(47-25-30)53-10-8-52(9-11-53)12-14-58-16-18-60-20-19-59-17-15-57-13-6-36(56)54-7-5-31-21-29(1-2-33(31)27-54)26-55-40-37(39(44)48-28-49-40)38(51-55)32-3-4-35-34(22-32)50-41(45)61-35/h1-4,21-22,24-25,28H,5-20,23,26-27,43H2,(H2,45,50)(H2,44,48,49). The van der Waals surface area contributed by atoms with Crippen molar-refractivity contribution in [2.24, 2.45) is 5.73 Å². The average Bonchev–Trinajstić information content (AvgIpc) is 3.86. The topological polar surface area (TPSA) is 237 Å². The monoisotopic (exact) mass is 835 g/mol. The third-order valence-corrected chi connectivity index (χ3v) is 10.9. The summed E-state index contributed by atoms with van der Waals surface area (Å²) in [6.45, 7) is 10.6. The van der Waals surface area contributed by atoms with E-state index in [1.807, 2.05) is 27.8 Å². The number of nitrogen functional groups attached to an aromatic ring is 2. The fourth-order valence-electron chi connectivity index (χ4n) is 7.59. The average molecular weight is 836 g/mol. The molecule has 6 N–H and O–H groups in total. The maximum absolute atomic E-state index is 13.0. The molecule has 0 bridgehead atoms. The molecule has 1 amide bonds. The first-order valence-electron chi connectivity index (χ1n) is 20.7. The zero-order valence-electron chi connectivity index (χ0n) is 34.3. The lowest BCUT2D eigenvalue weighted by Gasteiger charge is -2.34. The maximum Gasteiger partial charge on any atom is 0.292 e. The Kier molecular flexibility index (Phi) is 13.8. The lowest BCUT2D eigenvalue weighted by Crippen LogP contribution is -2.47. The van der Waals surface area contributed by atoms with Crippen molar-refractivity contribution < 1.29 is 28.2 Å². The number of oxazole rings is 1. The highest BCUT2D eigenvalue weighted by atomic mass is 16.6. The molecule has 2 aromatic carbocycles. The molecule has 19 nitrogen and oxygen atoms in total. The molecular weight excluding hydrogens is 783 g/mol. The third-order valence-electron chi connectivity index (χ3n) is 10.9. The Labute approximate surface area is 353 Å². The second-order valence-electron chi connectivity index (χ2n) is 15.0. The van der Waals surface area contributed by atoms with Crippen LogP contribution in [0.5, 0.6) is 0 Å². The van der Waals surface area contributed by atoms with Crippen LogP contribution in [0.15, 0.2) is 59.5 Å². The van der Waals surface area contributed by atoms with Gasteiger partial charge < -0.3 is 50.4 Å². The minimum Gasteiger partial charge on any atom is -0.424 e. The van der Waals surface area contributed by atoms with E-state index in [-0.39, 0.29) is 11.9 Å². The van der Waals surface area contributed by atoms with Gasteiger partial charge in [0, 0.05) is 75.9 Å². The molecule has 0 radical (unpaired) electrons. The highest BCUT2D eigenvalue weighted by Gasteiger charge is 2.23. The Hall–Kier alpha value is -5.83. The summed E-state index contributed by atoms with van der Waals surface area (Å²) < 4.78 is 30.0. The molecule has 0 aliphatic carbocycles. The highest BCUT2D eigenvalue weighted by Crippen LogP contribution is 2.33. The van der Waals surface area contributed by atoms with Gasteiger partial charge in [-0.1, -0.05) is 18.2 Å². The summed E-state index contributed by atoms with van der Waals surface area (Å²) in [6.07, 6.45) is 6.12. The van der Waals surface area contributed by atoms with Gasteiger partial charge in [-0.05, 0) is 41.3 Å². The van der Waals surface area contributed by atoms with Crippen LogP contribution >= 0.6 is 0 Å². The predicted molar refractivity (Wildman–Crippen MR) is 228 cm³/mol. The molecule has 8 rings (SSSR count). The first-order valence-corrected chi connectivity index (χ1v) is 20.7. The van der Waals surface area contributed by atoms with Gasteiger partial charge in [0.1, 0.15) is 23.4 Å². The van der Waals surface area contributed by atoms with E-state index in [9.17, 15) is 4.79 Å². The van der Waals surface area contributed by atoms with Crippen LogP contribution in [0.1, 0.15) is 28.7 Å². The summed E-state index contributed by atoms with van der Waals surface area (Å²) >= 11 is 0. The smallest absolute Gasteiger partial charge is 0.292 e. The van der Waals surface area contributed by atoms with E-state index in [2.05, 4.69) is 52.9 Å². The maximum atomic E-state index is 13.0. The number of fused-ring (bicyclic) bond motifs is 3. The van der Waals surface area contributed by atoms with Gasteiger partial charge in [-0.2, -0.15) is 10.1 Å². The number of hydrogen-bond acceptors (Lipinski definition) is 17. The minimum atomic E-state index is 0.0771. The molecule has 4 aromatic heterocycles. The summed E-state index contributed by atoms with van der Waals surface area (Å²) in [7, 11) is 0. The largest absolute Gasteiger partial charge is 0.424 e. The van der Waals surface area contributed by atoms with Crippen molar-refractivity contribution in [2.75, 3.05) is 108 Å². The predicted octanol–water partition coefficient (Wildman–Crippen LogP) is 2.26. The van der Waals surface area contributed by atoms with E-state index in [0.717, 1.165) is 67.3 Å². The summed E-state index contributed by atoms with van der Waals surface area (Å²) in [6, 6.07) is 12.0. The van der Waals surface area contributed by atoms with Crippen LogP contribution in [0.25, 0.3) is 33.4 Å². The van der Waals surface area contributed by atoms with Gasteiger partial charge in [0.25, 0.3) is 6.01 Å². The van der Waals surface area contributed by atoms with Crippen molar-refractivity contribution in [1.29, 1.82) is 0 Å². The van der Waals surface area contributed by atoms with Crippen LogP contribution < -0.4 is 22.1 Å². The van der Waals surface area contributed by atoms with Gasteiger partial charge in [0.2, 0.25) is 11.9 Å². The molecule has 6 aromatic rings. The lowest BCUT2D eigenvalue weighted by atomic mass is 9.97. The van der Waals surface area contributed by atoms with Gasteiger partial charge in [-0.25, -0.2) is 24.6 Å². The molecule has 2 aliphatic rings. The Morgan fingerprint density at radius 1 is 0.770 bits per heavy atom. The number of anilines is 3. The molecular formula is C42H53N13O6. The van der Waals surface area contributed by atoms with Crippen LogP contribution in [0.4, 0.5) is 17.8 Å². The summed E-state index contributed by atoms with van der Waals surface area (Å²) in [5.74, 6) is 1.18. The minimum absolute atomic E-state index is 0.0771. The van der Waals surface area contributed by atoms with Crippen molar-refractivity contribution in [3.05, 3.63) is 77.4 Å². The van der Waals surface area contributed by atoms with Crippen molar-refractivity contribution in [1.82, 2.24) is 44.5 Å². The number of carbonyl (C=O) groups is 1. The molecule has 0 unspecified atom stereocenters. The number of hydrogen-bond donors (Lipinski definition) is 3. The molecule has 6 heterocycles. The van der Waals surface area contributed by atoms with Crippen LogP contribution in [0, 0.1) is 0 Å². The van der Waals surface area contributed by atoms with E-state index < -0.39 is 0 Å². The van der Waals surface area contributed by atoms with Crippen molar-refractivity contribution in [3.8, 4) is 11.3 Å². The van der Waals surface area contributed by atoms with Crippen LogP contribution in [0.3, 0.4) is 0 Å². The third kappa shape index (κ3) is 10.6. The van der Waals surface area contributed by atoms with E-state index in [1.54, 1.807) is 12.4 Å². The van der Waals surface area contributed by atoms with E-state index >= 15 is 0 Å². The summed E-state index contributed by atoms with van der Waals surface area (Å²) in [5, 5.41) is 5.60. The molecule has 19 heteroatoms. The van der Waals surface area contributed by atoms with Gasteiger partial charge in [0.05, 0.1) is 71.2 Å². The highest BCUT2D eigenvalue weighted by molar-refractivity contribution is 5.99. The van der Waals surface area contributed by atoms with Crippen LogP contribution in [-0.4, -0.2) is 143 Å². The van der Waals surface area contributed by atoms with Crippen LogP contribution in [0.2, 0.25) is 0 Å². The molecule has 1 saturated heterocycles. The van der Waals surface area contributed by atoms with Crippen molar-refractivity contribution in [3.63, 3.8) is 0 Å². The number of nitrogens with two attached hydrogens (primary N) is 3. The number of amides is 1. The molecule has 0 saturated carbocycles. The number of nitrogens with zero attached hydrogens (tertiary/aromatic N) is 10. The zero-order valence-corrected chi connectivity index (χ0v) is 34.3. The van der Waals surface area contributed by atoms with Crippen molar-refractivity contribution in [2.45, 2.75) is 32.5 Å². The Morgan fingerprint density at radius 2 is 1.51 bits per heavy atom. The molecule has 1 fully saturated rings. The SMILES string of the molecule is NCc1cnc(N2CCN(CCOCCOCCOCCOCCC(=O)N3CCc4cc(Cn5nc(-c6ccc7oc(N)nc7c6)c6c(N)ncnc65)ccc4C3)CC2)nc1. The van der Waals surface area contributed by atoms with Gasteiger partial charge >= 0.3 is 0 Å². The molecule has 0 spiro atoms. The fourth-order valence-corrected chi connectivity index (χ4v) is 7.59. The number of ether oxygens (including phenoxy) is 4. The lowest BCUT2D eigenvalue weighted by molar-refractivity contribution is -0.133. The first-order chi connectivity index (χ1) is 29.9. The van der Waals surface area contributed by atoms with Gasteiger partial charge in [-0.15, -0.1) is 0 Å². The Balaban J connectivity index is 0.677. The Morgan fingerprint density at radius 3 is 2.26 bits per heavy atom. The zero-order chi connectivity index (χ0) is 42.0. The normalized spacial score (nSPS) is 14.6. The van der Waals surface area contributed by atoms with E-state index in [1.165, 1.54) is 11.9 Å². The van der Waals surface area contributed by atoms with E-state index in [0.29, 0.717) is 119 Å². The summed E-state index contributed by atoms with van der Waals surface area (Å²) in [4.78, 5) is 41.4. The number of carbonyl (C=O) groups excluding carboxylic acids is 1. The van der Waals surface area contributed by atoms with E-state index in [4.69, 9.17) is 45.7 Å². The molecule has 322 valence electrons. The van der Waals surface area contributed by atoms with Gasteiger partial charge in [-0.3, -0.25) is 9.69 Å². The second-order valence-corrected chi connectivity index (χ2v) is 15.0. The number of piperazine rings is 1. The number of aromatic nitrogens is 7. The quantitative estimate of drug-likeness (QED) is 0.0935. The van der Waals surface area contributed by atoms with Crippen molar-refractivity contribution >= 4 is 45.8 Å². The summed E-state index contributed by atoms with van der Waals surface area (Å²) in [5.41, 5.74) is 25.4. The molecule has 61 heavy (non-hydrogen) atoms. The fraction of sp³-hybridized carbons (Fsp3) is 0.452. The Bertz CT molecular complexity index is 2380. The second kappa shape index (κ2) is 20.2. The number of rotatable bonds is 20. The molecule has 0 atom stereocenters. The van der Waals surface area contributed by atoms with Crippen LogP contribution in [-0.2, 0) is 49.8 Å².